The highest BCUT2D eigenvalue weighted by Gasteiger charge is 2.35. The van der Waals surface area contributed by atoms with E-state index in [-0.39, 0.29) is 30.2 Å². The molecule has 1 heterocycles. The first-order valence-electron chi connectivity index (χ1n) is 11.5. The van der Waals surface area contributed by atoms with Crippen molar-refractivity contribution in [3.63, 3.8) is 0 Å². The Morgan fingerprint density at radius 2 is 1.87 bits per heavy atom. The number of imide groups is 1. The molecule has 4 rings (SSSR count). The number of hydrogen-bond donors (Lipinski definition) is 1. The molecule has 3 amide bonds. The number of halogens is 2. The van der Waals surface area contributed by atoms with Gasteiger partial charge in [-0.15, -0.1) is 0 Å². The minimum atomic E-state index is -0.370. The molecule has 10 heteroatoms. The van der Waals surface area contributed by atoms with Crippen LogP contribution in [0.5, 0.6) is 11.5 Å². The van der Waals surface area contributed by atoms with Crippen LogP contribution in [0.15, 0.2) is 64.0 Å². The standard InChI is InChI=1S/C28H24BrClN2O5S/c1-16-6-4-5-7-19(16)14-32-27(34)24(38-28(32)35)12-18-10-21(29)26(23(11-18)36-3)37-15-25(33)31-20-9-8-17(2)22(30)13-20/h4-13H,14-15H2,1-3H3,(H,31,33)/b24-12-. The van der Waals surface area contributed by atoms with Crippen molar-refractivity contribution in [2.45, 2.75) is 20.4 Å². The number of rotatable bonds is 8. The van der Waals surface area contributed by atoms with E-state index < -0.39 is 0 Å². The van der Waals surface area contributed by atoms with Crippen molar-refractivity contribution in [2.75, 3.05) is 19.0 Å². The number of amides is 3. The first-order chi connectivity index (χ1) is 18.2. The molecule has 3 aromatic rings. The Kier molecular flexibility index (Phi) is 8.81. The highest BCUT2D eigenvalue weighted by Crippen LogP contribution is 2.39. The maximum atomic E-state index is 13.0. The third-order valence-corrected chi connectivity index (χ3v) is 7.72. The molecule has 0 unspecified atom stereocenters. The van der Waals surface area contributed by atoms with Crippen LogP contribution in [-0.2, 0) is 16.1 Å². The van der Waals surface area contributed by atoms with Crippen LogP contribution in [0.1, 0.15) is 22.3 Å². The van der Waals surface area contributed by atoms with Crippen LogP contribution in [0.25, 0.3) is 6.08 Å². The monoisotopic (exact) mass is 614 g/mol. The van der Waals surface area contributed by atoms with Crippen LogP contribution in [0.2, 0.25) is 5.02 Å². The van der Waals surface area contributed by atoms with E-state index in [2.05, 4.69) is 21.2 Å². The molecule has 0 atom stereocenters. The summed E-state index contributed by atoms with van der Waals surface area (Å²) in [5, 5.41) is 2.97. The molecule has 38 heavy (non-hydrogen) atoms. The molecule has 1 aliphatic heterocycles. The van der Waals surface area contributed by atoms with E-state index in [1.165, 1.54) is 12.0 Å². The van der Waals surface area contributed by atoms with E-state index in [9.17, 15) is 14.4 Å². The molecule has 0 aromatic heterocycles. The molecular weight excluding hydrogens is 592 g/mol. The second kappa shape index (κ2) is 12.1. The lowest BCUT2D eigenvalue weighted by Crippen LogP contribution is -2.27. The summed E-state index contributed by atoms with van der Waals surface area (Å²) in [5.41, 5.74) is 4.02. The fourth-order valence-corrected chi connectivity index (χ4v) is 5.31. The van der Waals surface area contributed by atoms with Gasteiger partial charge in [0.05, 0.1) is 23.0 Å². The Balaban J connectivity index is 1.47. The van der Waals surface area contributed by atoms with Gasteiger partial charge in [-0.1, -0.05) is 41.9 Å². The first-order valence-corrected chi connectivity index (χ1v) is 13.5. The number of thioether (sulfide) groups is 1. The van der Waals surface area contributed by atoms with Crippen LogP contribution in [0.3, 0.4) is 0 Å². The van der Waals surface area contributed by atoms with Crippen LogP contribution in [0.4, 0.5) is 10.5 Å². The van der Waals surface area contributed by atoms with E-state index in [4.69, 9.17) is 21.1 Å². The third-order valence-electron chi connectivity index (χ3n) is 5.82. The molecule has 1 N–H and O–H groups in total. The number of aryl methyl sites for hydroxylation is 2. The predicted octanol–water partition coefficient (Wildman–Crippen LogP) is 6.98. The second-order valence-electron chi connectivity index (χ2n) is 8.53. The Morgan fingerprint density at radius 3 is 2.58 bits per heavy atom. The van der Waals surface area contributed by atoms with Gasteiger partial charge in [-0.25, -0.2) is 0 Å². The molecule has 3 aromatic carbocycles. The van der Waals surface area contributed by atoms with Crippen molar-refractivity contribution in [1.82, 2.24) is 4.90 Å². The predicted molar refractivity (Wildman–Crippen MR) is 154 cm³/mol. The average molecular weight is 616 g/mol. The maximum absolute atomic E-state index is 13.0. The van der Waals surface area contributed by atoms with Crippen molar-refractivity contribution in [3.05, 3.63) is 91.3 Å². The lowest BCUT2D eigenvalue weighted by Gasteiger charge is -2.14. The molecule has 0 aliphatic carbocycles. The zero-order valence-corrected chi connectivity index (χ0v) is 24.0. The van der Waals surface area contributed by atoms with E-state index in [0.717, 1.165) is 28.5 Å². The highest BCUT2D eigenvalue weighted by atomic mass is 79.9. The summed E-state index contributed by atoms with van der Waals surface area (Å²) < 4.78 is 11.7. The fraction of sp³-hybridized carbons (Fsp3) is 0.179. The van der Waals surface area contributed by atoms with Gasteiger partial charge in [-0.05, 0) is 94.1 Å². The second-order valence-corrected chi connectivity index (χ2v) is 10.8. The molecule has 0 saturated carbocycles. The lowest BCUT2D eigenvalue weighted by atomic mass is 10.1. The van der Waals surface area contributed by atoms with Gasteiger partial charge in [0, 0.05) is 10.7 Å². The average Bonchev–Trinajstić information content (AvgIpc) is 3.13. The molecule has 0 bridgehead atoms. The number of nitrogens with zero attached hydrogens (tertiary/aromatic N) is 1. The molecule has 0 spiro atoms. The lowest BCUT2D eigenvalue weighted by molar-refractivity contribution is -0.123. The number of hydrogen-bond acceptors (Lipinski definition) is 6. The Bertz CT molecular complexity index is 1460. The van der Waals surface area contributed by atoms with Gasteiger partial charge in [-0.3, -0.25) is 19.3 Å². The summed E-state index contributed by atoms with van der Waals surface area (Å²) in [6.07, 6.45) is 1.63. The molecule has 0 radical (unpaired) electrons. The minimum Gasteiger partial charge on any atom is -0.493 e. The highest BCUT2D eigenvalue weighted by molar-refractivity contribution is 9.10. The van der Waals surface area contributed by atoms with E-state index >= 15 is 0 Å². The molecule has 196 valence electrons. The zero-order chi connectivity index (χ0) is 27.4. The van der Waals surface area contributed by atoms with Gasteiger partial charge < -0.3 is 14.8 Å². The Hall–Kier alpha value is -3.27. The van der Waals surface area contributed by atoms with Crippen molar-refractivity contribution in [1.29, 1.82) is 0 Å². The van der Waals surface area contributed by atoms with Gasteiger partial charge in [-0.2, -0.15) is 0 Å². The SMILES string of the molecule is COc1cc(/C=C2\SC(=O)N(Cc3ccccc3C)C2=O)cc(Br)c1OCC(=O)Nc1ccc(C)c(Cl)c1. The summed E-state index contributed by atoms with van der Waals surface area (Å²) >= 11 is 10.5. The van der Waals surface area contributed by atoms with Crippen LogP contribution in [-0.4, -0.2) is 35.7 Å². The summed E-state index contributed by atoms with van der Waals surface area (Å²) in [7, 11) is 1.48. The maximum Gasteiger partial charge on any atom is 0.293 e. The quantitative estimate of drug-likeness (QED) is 0.275. The normalized spacial score (nSPS) is 14.2. The van der Waals surface area contributed by atoms with Gasteiger partial charge in [0.25, 0.3) is 17.1 Å². The first kappa shape index (κ1) is 27.8. The number of benzene rings is 3. The summed E-state index contributed by atoms with van der Waals surface area (Å²) in [4.78, 5) is 39.6. The number of ether oxygens (including phenoxy) is 2. The molecule has 1 aliphatic rings. The number of carbonyl (C=O) groups excluding carboxylic acids is 3. The molecular formula is C28H24BrClN2O5S. The van der Waals surface area contributed by atoms with E-state index in [1.54, 1.807) is 30.3 Å². The largest absolute Gasteiger partial charge is 0.493 e. The number of carbonyl (C=O) groups is 3. The van der Waals surface area contributed by atoms with Crippen LogP contribution >= 0.6 is 39.3 Å². The molecule has 1 fully saturated rings. The summed E-state index contributed by atoms with van der Waals surface area (Å²) in [6.45, 7) is 3.77. The number of methoxy groups -OCH3 is 1. The summed E-state index contributed by atoms with van der Waals surface area (Å²) in [6, 6.07) is 16.3. The van der Waals surface area contributed by atoms with Crippen molar-refractivity contribution in [2.24, 2.45) is 0 Å². The molecule has 1 saturated heterocycles. The fourth-order valence-electron chi connectivity index (χ4n) is 3.71. The smallest absolute Gasteiger partial charge is 0.293 e. The Labute approximate surface area is 238 Å². The van der Waals surface area contributed by atoms with Crippen molar-refractivity contribution in [3.8, 4) is 11.5 Å². The van der Waals surface area contributed by atoms with Gasteiger partial charge in [0.2, 0.25) is 0 Å². The van der Waals surface area contributed by atoms with E-state index in [0.29, 0.717) is 37.2 Å². The van der Waals surface area contributed by atoms with Crippen molar-refractivity contribution < 1.29 is 23.9 Å². The van der Waals surface area contributed by atoms with Gasteiger partial charge in [0.15, 0.2) is 18.1 Å². The summed E-state index contributed by atoms with van der Waals surface area (Å²) in [5.74, 6) is -0.0397. The zero-order valence-electron chi connectivity index (χ0n) is 20.8. The number of nitrogens with one attached hydrogen (secondary N) is 1. The number of anilines is 1. The minimum absolute atomic E-state index is 0.214. The third kappa shape index (κ3) is 6.40. The van der Waals surface area contributed by atoms with Crippen LogP contribution in [0, 0.1) is 13.8 Å². The molecule has 7 nitrogen and oxygen atoms in total. The Morgan fingerprint density at radius 1 is 1.11 bits per heavy atom. The topological polar surface area (TPSA) is 84.9 Å². The van der Waals surface area contributed by atoms with Gasteiger partial charge >= 0.3 is 0 Å². The van der Waals surface area contributed by atoms with Crippen molar-refractivity contribution >= 4 is 68.1 Å². The van der Waals surface area contributed by atoms with Gasteiger partial charge in [0.1, 0.15) is 0 Å². The van der Waals surface area contributed by atoms with Crippen LogP contribution < -0.4 is 14.8 Å². The van der Waals surface area contributed by atoms with E-state index in [1.807, 2.05) is 44.2 Å².